The fourth-order valence-electron chi connectivity index (χ4n) is 3.20. The Bertz CT molecular complexity index is 902. The third-order valence-electron chi connectivity index (χ3n) is 4.86. The molecule has 0 unspecified atom stereocenters. The first-order chi connectivity index (χ1) is 13.0. The molecule has 0 spiro atoms. The van der Waals surface area contributed by atoms with Crippen LogP contribution in [0.15, 0.2) is 23.5 Å². The van der Waals surface area contributed by atoms with Crippen molar-refractivity contribution in [2.45, 2.75) is 61.4 Å². The molecule has 168 valence electrons. The van der Waals surface area contributed by atoms with E-state index in [2.05, 4.69) is 4.18 Å². The second-order valence-electron chi connectivity index (χ2n) is 6.83. The van der Waals surface area contributed by atoms with Crippen LogP contribution in [0.5, 0.6) is 0 Å². The van der Waals surface area contributed by atoms with E-state index < -0.39 is 42.4 Å². The number of allylic oxidation sites excluding steroid dienone is 4. The Hall–Kier alpha value is -1.28. The van der Waals surface area contributed by atoms with Crippen molar-refractivity contribution < 1.29 is 51.9 Å². The Kier molecular flexibility index (Phi) is 6.42. The van der Waals surface area contributed by atoms with Gasteiger partial charge in [0.05, 0.1) is 0 Å². The summed E-state index contributed by atoms with van der Waals surface area (Å²) in [5, 5.41) is -13.4. The predicted octanol–water partition coefficient (Wildman–Crippen LogP) is 4.23. The zero-order valence-corrected chi connectivity index (χ0v) is 16.4. The SMILES string of the molecule is O=S(=O)(O)C(F)(F)C(F)(F)C(F)(F)S(=O)(=O)OC1=CC=C(C2CCCCC2)CC1. The molecular formula is C15H18F6O6S2. The van der Waals surface area contributed by atoms with Gasteiger partial charge in [0, 0.05) is 6.42 Å². The van der Waals surface area contributed by atoms with Gasteiger partial charge in [0.2, 0.25) is 0 Å². The Morgan fingerprint density at radius 2 is 1.41 bits per heavy atom. The Morgan fingerprint density at radius 1 is 0.862 bits per heavy atom. The molecule has 2 rings (SSSR count). The number of alkyl halides is 6. The van der Waals surface area contributed by atoms with Crippen LogP contribution in [0.25, 0.3) is 0 Å². The summed E-state index contributed by atoms with van der Waals surface area (Å²) in [7, 11) is -13.8. The standard InChI is InChI=1S/C15H18F6O6S2/c16-13(17,14(18,19)28(22,23)24)15(20,21)29(25,26)27-12-8-6-11(7-9-12)10-4-2-1-3-5-10/h6,8,10H,1-5,7,9H2,(H,22,23,24). The number of halogens is 6. The molecule has 0 radical (unpaired) electrons. The Balaban J connectivity index is 2.26. The van der Waals surface area contributed by atoms with Gasteiger partial charge in [-0.1, -0.05) is 30.9 Å². The van der Waals surface area contributed by atoms with E-state index in [1.54, 1.807) is 0 Å². The van der Waals surface area contributed by atoms with Crippen molar-refractivity contribution in [3.05, 3.63) is 23.5 Å². The van der Waals surface area contributed by atoms with Crippen molar-refractivity contribution in [2.24, 2.45) is 5.92 Å². The van der Waals surface area contributed by atoms with E-state index in [0.29, 0.717) is 0 Å². The molecule has 6 nitrogen and oxygen atoms in total. The van der Waals surface area contributed by atoms with E-state index in [0.717, 1.165) is 43.8 Å². The molecule has 2 aliphatic carbocycles. The van der Waals surface area contributed by atoms with E-state index in [4.69, 9.17) is 4.55 Å². The average Bonchev–Trinajstić information content (AvgIpc) is 2.61. The maximum absolute atomic E-state index is 13.8. The topological polar surface area (TPSA) is 97.7 Å². The van der Waals surface area contributed by atoms with Crippen LogP contribution in [0.4, 0.5) is 26.3 Å². The van der Waals surface area contributed by atoms with Crippen LogP contribution in [-0.4, -0.2) is 37.8 Å². The van der Waals surface area contributed by atoms with Crippen molar-refractivity contribution in [2.75, 3.05) is 0 Å². The summed E-state index contributed by atoms with van der Waals surface area (Å²) >= 11 is 0. The van der Waals surface area contributed by atoms with Crippen LogP contribution in [0.3, 0.4) is 0 Å². The summed E-state index contributed by atoms with van der Waals surface area (Å²) in [5.41, 5.74) is 0.907. The minimum Gasteiger partial charge on any atom is -0.383 e. The first-order valence-electron chi connectivity index (χ1n) is 8.49. The lowest BCUT2D eigenvalue weighted by Crippen LogP contribution is -2.60. The first kappa shape index (κ1) is 24.0. The number of hydrogen-bond donors (Lipinski definition) is 1. The minimum absolute atomic E-state index is 0.204. The zero-order valence-electron chi connectivity index (χ0n) is 14.8. The molecule has 0 bridgehead atoms. The van der Waals surface area contributed by atoms with Crippen molar-refractivity contribution in [3.8, 4) is 0 Å². The highest BCUT2D eigenvalue weighted by molar-refractivity contribution is 7.88. The summed E-state index contributed by atoms with van der Waals surface area (Å²) in [6.07, 6.45) is 7.18. The van der Waals surface area contributed by atoms with Crippen LogP contribution in [-0.2, 0) is 24.4 Å². The third kappa shape index (κ3) is 4.29. The van der Waals surface area contributed by atoms with Gasteiger partial charge in [-0.05, 0) is 31.3 Å². The van der Waals surface area contributed by atoms with Gasteiger partial charge in [0.1, 0.15) is 5.76 Å². The van der Waals surface area contributed by atoms with E-state index in [-0.39, 0.29) is 18.8 Å². The molecule has 0 aliphatic heterocycles. The second-order valence-corrected chi connectivity index (χ2v) is 9.88. The van der Waals surface area contributed by atoms with Crippen LogP contribution in [0.1, 0.15) is 44.9 Å². The molecule has 0 atom stereocenters. The summed E-state index contributed by atoms with van der Waals surface area (Å²) in [6, 6.07) is 0. The highest BCUT2D eigenvalue weighted by Gasteiger charge is 2.83. The predicted molar refractivity (Wildman–Crippen MR) is 88.4 cm³/mol. The van der Waals surface area contributed by atoms with E-state index in [1.165, 1.54) is 6.08 Å². The smallest absolute Gasteiger partial charge is 0.383 e. The van der Waals surface area contributed by atoms with Crippen molar-refractivity contribution >= 4 is 20.2 Å². The fourth-order valence-corrected chi connectivity index (χ4v) is 4.68. The molecule has 0 heterocycles. The molecule has 0 aromatic rings. The van der Waals surface area contributed by atoms with Crippen LogP contribution >= 0.6 is 0 Å². The van der Waals surface area contributed by atoms with Crippen LogP contribution in [0, 0.1) is 5.92 Å². The Labute approximate surface area is 163 Å². The van der Waals surface area contributed by atoms with Gasteiger partial charge in [0.25, 0.3) is 0 Å². The zero-order chi connectivity index (χ0) is 22.3. The van der Waals surface area contributed by atoms with E-state index in [1.807, 2.05) is 0 Å². The van der Waals surface area contributed by atoms with Gasteiger partial charge in [0.15, 0.2) is 0 Å². The molecule has 1 saturated carbocycles. The van der Waals surface area contributed by atoms with Gasteiger partial charge in [-0.25, -0.2) is 0 Å². The van der Waals surface area contributed by atoms with Gasteiger partial charge in [-0.2, -0.15) is 43.2 Å². The normalized spacial score (nSPS) is 20.8. The Morgan fingerprint density at radius 3 is 1.86 bits per heavy atom. The lowest BCUT2D eigenvalue weighted by atomic mass is 9.81. The fraction of sp³-hybridized carbons (Fsp3) is 0.733. The molecular weight excluding hydrogens is 454 g/mol. The highest BCUT2D eigenvalue weighted by Crippen LogP contribution is 2.51. The van der Waals surface area contributed by atoms with E-state index in [9.17, 15) is 43.2 Å². The monoisotopic (exact) mass is 472 g/mol. The lowest BCUT2D eigenvalue weighted by molar-refractivity contribution is -0.247. The molecule has 2 aliphatic rings. The van der Waals surface area contributed by atoms with Crippen molar-refractivity contribution in [3.63, 3.8) is 0 Å². The van der Waals surface area contributed by atoms with Gasteiger partial charge in [-0.3, -0.25) is 4.55 Å². The maximum Gasteiger partial charge on any atom is 0.450 e. The quantitative estimate of drug-likeness (QED) is 0.338. The van der Waals surface area contributed by atoms with Gasteiger partial charge in [-0.15, -0.1) is 0 Å². The molecule has 1 fully saturated rings. The molecule has 0 aromatic carbocycles. The largest absolute Gasteiger partial charge is 0.450 e. The summed E-state index contributed by atoms with van der Waals surface area (Å²) in [4.78, 5) is 0. The van der Waals surface area contributed by atoms with Crippen molar-refractivity contribution in [1.82, 2.24) is 0 Å². The summed E-state index contributed by atoms with van der Waals surface area (Å²) in [6.45, 7) is 0. The molecule has 1 N–H and O–H groups in total. The van der Waals surface area contributed by atoms with Gasteiger partial charge < -0.3 is 4.18 Å². The summed E-state index contributed by atoms with van der Waals surface area (Å²) in [5.74, 6) is -7.47. The second kappa shape index (κ2) is 7.76. The highest BCUT2D eigenvalue weighted by atomic mass is 32.2. The lowest BCUT2D eigenvalue weighted by Gasteiger charge is -2.30. The number of rotatable bonds is 7. The molecule has 0 saturated heterocycles. The molecule has 29 heavy (non-hydrogen) atoms. The molecule has 0 aromatic heterocycles. The van der Waals surface area contributed by atoms with Crippen LogP contribution < -0.4 is 0 Å². The average molecular weight is 472 g/mol. The third-order valence-corrected chi connectivity index (χ3v) is 7.08. The van der Waals surface area contributed by atoms with E-state index >= 15 is 0 Å². The maximum atomic E-state index is 13.8. The molecule has 14 heteroatoms. The van der Waals surface area contributed by atoms with Crippen LogP contribution in [0.2, 0.25) is 0 Å². The van der Waals surface area contributed by atoms with Gasteiger partial charge >= 0.3 is 36.7 Å². The first-order valence-corrected chi connectivity index (χ1v) is 11.3. The number of hydrogen-bond acceptors (Lipinski definition) is 5. The summed E-state index contributed by atoms with van der Waals surface area (Å²) < 4.78 is 137. The molecule has 0 amide bonds. The minimum atomic E-state index is -7.06. The van der Waals surface area contributed by atoms with Crippen molar-refractivity contribution in [1.29, 1.82) is 0 Å².